The van der Waals surface area contributed by atoms with E-state index in [0.717, 1.165) is 9.31 Å². The zero-order valence-electron chi connectivity index (χ0n) is 17.8. The Labute approximate surface area is 182 Å². The van der Waals surface area contributed by atoms with Crippen molar-refractivity contribution in [3.05, 3.63) is 81.7 Å². The molecule has 2 heterocycles. The van der Waals surface area contributed by atoms with Gasteiger partial charge in [-0.3, -0.25) is 9.69 Å². The molecule has 1 atom stereocenters. The maximum Gasteiger partial charge on any atom is 0.447 e. The van der Waals surface area contributed by atoms with Crippen molar-refractivity contribution in [2.24, 2.45) is 0 Å². The molecule has 1 aliphatic rings. The van der Waals surface area contributed by atoms with E-state index in [-0.39, 0.29) is 6.54 Å². The fourth-order valence-corrected chi connectivity index (χ4v) is 3.92. The first-order valence-corrected chi connectivity index (χ1v) is 9.90. The summed E-state index contributed by atoms with van der Waals surface area (Å²) >= 11 is 0. The lowest BCUT2D eigenvalue weighted by Gasteiger charge is -2.33. The summed E-state index contributed by atoms with van der Waals surface area (Å²) in [5.41, 5.74) is -1.05. The second-order valence-corrected chi connectivity index (χ2v) is 7.81. The number of para-hydroxylation sites is 2. The molecule has 0 saturated carbocycles. The number of carbonyl (C=O) groups is 2. The monoisotopic (exact) mass is 438 g/mol. The fraction of sp³-hybridized carbons (Fsp3) is 0.273. The number of benzene rings is 2. The van der Waals surface area contributed by atoms with Gasteiger partial charge >= 0.3 is 23.4 Å². The van der Waals surface area contributed by atoms with E-state index in [1.807, 2.05) is 0 Å². The molecule has 4 rings (SSSR count). The molecular weight excluding hydrogens is 416 g/mol. The van der Waals surface area contributed by atoms with Crippen LogP contribution in [0.25, 0.3) is 5.69 Å². The minimum atomic E-state index is -1.12. The van der Waals surface area contributed by atoms with Crippen molar-refractivity contribution < 1.29 is 18.8 Å². The molecule has 0 N–H and O–H groups in total. The smallest absolute Gasteiger partial charge is 0.447 e. The van der Waals surface area contributed by atoms with E-state index < -0.39 is 35.2 Å². The number of hydrogen-bond donors (Lipinski definition) is 0. The van der Waals surface area contributed by atoms with Crippen LogP contribution in [0.5, 0.6) is 0 Å². The third kappa shape index (κ3) is 3.29. The average Bonchev–Trinajstić information content (AvgIpc) is 3.18. The number of anilines is 1. The summed E-state index contributed by atoms with van der Waals surface area (Å²) in [6.45, 7) is 3.04. The maximum absolute atomic E-state index is 13.4. The summed E-state index contributed by atoms with van der Waals surface area (Å²) in [6.07, 6.45) is -1.05. The van der Waals surface area contributed by atoms with Crippen LogP contribution in [0, 0.1) is 0 Å². The van der Waals surface area contributed by atoms with E-state index >= 15 is 0 Å². The molecule has 1 aliphatic heterocycles. The number of amides is 2. The van der Waals surface area contributed by atoms with Gasteiger partial charge in [0, 0.05) is 5.69 Å². The number of aromatic nitrogens is 2. The molecule has 1 unspecified atom stereocenters. The van der Waals surface area contributed by atoms with Crippen LogP contribution in [0.3, 0.4) is 0 Å². The van der Waals surface area contributed by atoms with E-state index in [4.69, 9.17) is 9.26 Å². The third-order valence-corrected chi connectivity index (χ3v) is 5.53. The third-order valence-electron chi connectivity index (χ3n) is 5.53. The van der Waals surface area contributed by atoms with Gasteiger partial charge in [0.15, 0.2) is 6.17 Å². The number of carbonyl (C=O) groups excluding carboxylic acids is 2. The normalized spacial score (nSPS) is 17.6. The molecule has 32 heavy (non-hydrogen) atoms. The molecular formula is C22H22N4O6. The van der Waals surface area contributed by atoms with Crippen LogP contribution in [-0.4, -0.2) is 45.4 Å². The molecule has 0 aliphatic carbocycles. The van der Waals surface area contributed by atoms with E-state index in [9.17, 15) is 19.2 Å². The van der Waals surface area contributed by atoms with Gasteiger partial charge in [-0.2, -0.15) is 4.57 Å². The van der Waals surface area contributed by atoms with Gasteiger partial charge in [-0.1, -0.05) is 36.4 Å². The van der Waals surface area contributed by atoms with Crippen LogP contribution in [0.2, 0.25) is 0 Å². The molecule has 166 valence electrons. The Balaban J connectivity index is 1.91. The Morgan fingerprint density at radius 3 is 2.09 bits per heavy atom. The Bertz CT molecular complexity index is 1260. The minimum absolute atomic E-state index is 0.333. The van der Waals surface area contributed by atoms with Crippen molar-refractivity contribution in [1.29, 1.82) is 0 Å². The number of ether oxygens (including phenoxy) is 1. The van der Waals surface area contributed by atoms with Gasteiger partial charge in [0.05, 0.1) is 18.3 Å². The van der Waals surface area contributed by atoms with Crippen LogP contribution in [0.15, 0.2) is 74.8 Å². The van der Waals surface area contributed by atoms with Crippen molar-refractivity contribution in [2.75, 3.05) is 18.6 Å². The number of nitrogens with zero attached hydrogens (tertiary/aromatic N) is 4. The SMILES string of the molecule is COC(=O)CN1C(=O)N(c2ccccc2)C(n2oc(=O)n(-c3ccccc3)c2=O)C1(C)C. The van der Waals surface area contributed by atoms with Crippen LogP contribution >= 0.6 is 0 Å². The molecule has 10 heteroatoms. The quantitative estimate of drug-likeness (QED) is 0.564. The number of rotatable bonds is 5. The first-order chi connectivity index (χ1) is 15.3. The van der Waals surface area contributed by atoms with Gasteiger partial charge in [-0.25, -0.2) is 14.4 Å². The van der Waals surface area contributed by atoms with Gasteiger partial charge < -0.3 is 14.2 Å². The molecule has 0 spiro atoms. The van der Waals surface area contributed by atoms with Crippen molar-refractivity contribution >= 4 is 17.7 Å². The van der Waals surface area contributed by atoms with E-state index in [0.29, 0.717) is 11.4 Å². The van der Waals surface area contributed by atoms with E-state index in [2.05, 4.69) is 0 Å². The van der Waals surface area contributed by atoms with Gasteiger partial charge in [-0.15, -0.1) is 4.74 Å². The Kier molecular flexibility index (Phi) is 5.21. The standard InChI is InChI=1S/C22H22N4O6/c1-22(2)18(26-20(29)25(21(30)32-26)16-12-8-5-9-13-16)24(15-10-6-4-7-11-15)19(28)23(22)14-17(27)31-3/h4-13,18H,14H2,1-3H3. The Morgan fingerprint density at radius 1 is 0.969 bits per heavy atom. The lowest BCUT2D eigenvalue weighted by Crippen LogP contribution is -2.48. The molecule has 3 aromatic rings. The highest BCUT2D eigenvalue weighted by Gasteiger charge is 2.55. The van der Waals surface area contributed by atoms with Crippen LogP contribution < -0.4 is 16.3 Å². The zero-order chi connectivity index (χ0) is 23.0. The number of urea groups is 1. The first kappa shape index (κ1) is 21.2. The summed E-state index contributed by atoms with van der Waals surface area (Å²) in [6, 6.07) is 16.5. The molecule has 2 aromatic carbocycles. The summed E-state index contributed by atoms with van der Waals surface area (Å²) in [7, 11) is 1.23. The Morgan fingerprint density at radius 2 is 1.53 bits per heavy atom. The molecule has 10 nitrogen and oxygen atoms in total. The average molecular weight is 438 g/mol. The maximum atomic E-state index is 13.4. The van der Waals surface area contributed by atoms with Crippen LogP contribution in [-0.2, 0) is 9.53 Å². The molecule has 0 bridgehead atoms. The summed E-state index contributed by atoms with van der Waals surface area (Å²) in [5, 5.41) is 0. The highest BCUT2D eigenvalue weighted by atomic mass is 16.5. The van der Waals surface area contributed by atoms with E-state index in [1.54, 1.807) is 74.5 Å². The Hall–Kier alpha value is -4.08. The lowest BCUT2D eigenvalue weighted by molar-refractivity contribution is -0.142. The number of methoxy groups -OCH3 is 1. The van der Waals surface area contributed by atoms with Gasteiger partial charge in [0.25, 0.3) is 0 Å². The van der Waals surface area contributed by atoms with Crippen molar-refractivity contribution in [3.63, 3.8) is 0 Å². The second-order valence-electron chi connectivity index (χ2n) is 7.81. The summed E-state index contributed by atoms with van der Waals surface area (Å²) in [4.78, 5) is 54.0. The van der Waals surface area contributed by atoms with Crippen molar-refractivity contribution in [1.82, 2.24) is 14.2 Å². The molecule has 0 radical (unpaired) electrons. The number of esters is 1. The highest BCUT2D eigenvalue weighted by Crippen LogP contribution is 2.41. The summed E-state index contributed by atoms with van der Waals surface area (Å²) in [5.74, 6) is -1.50. The largest absolute Gasteiger partial charge is 0.468 e. The molecule has 2 amide bonds. The molecule has 1 saturated heterocycles. The molecule has 1 aromatic heterocycles. The second kappa shape index (κ2) is 7.88. The minimum Gasteiger partial charge on any atom is -0.468 e. The summed E-state index contributed by atoms with van der Waals surface area (Å²) < 4.78 is 11.9. The van der Waals surface area contributed by atoms with Gasteiger partial charge in [0.1, 0.15) is 6.54 Å². The van der Waals surface area contributed by atoms with Gasteiger partial charge in [0.2, 0.25) is 0 Å². The first-order valence-electron chi connectivity index (χ1n) is 9.90. The van der Waals surface area contributed by atoms with Crippen molar-refractivity contribution in [2.45, 2.75) is 25.6 Å². The fourth-order valence-electron chi connectivity index (χ4n) is 3.92. The van der Waals surface area contributed by atoms with E-state index in [1.165, 1.54) is 16.9 Å². The number of hydrogen-bond acceptors (Lipinski definition) is 6. The highest BCUT2D eigenvalue weighted by molar-refractivity contribution is 5.97. The lowest BCUT2D eigenvalue weighted by atomic mass is 10.0. The topological polar surface area (TPSA) is 107 Å². The van der Waals surface area contributed by atoms with Crippen molar-refractivity contribution in [3.8, 4) is 5.69 Å². The molecule has 1 fully saturated rings. The van der Waals surface area contributed by atoms with Crippen LogP contribution in [0.4, 0.5) is 10.5 Å². The zero-order valence-corrected chi connectivity index (χ0v) is 17.8. The van der Waals surface area contributed by atoms with Crippen LogP contribution in [0.1, 0.15) is 20.0 Å². The van der Waals surface area contributed by atoms with Gasteiger partial charge in [-0.05, 0) is 38.1 Å². The predicted octanol–water partition coefficient (Wildman–Crippen LogP) is 1.98. The predicted molar refractivity (Wildman–Crippen MR) is 115 cm³/mol.